The number of amides is 13. The van der Waals surface area contributed by atoms with Gasteiger partial charge in [-0.3, -0.25) is 72.3 Å². The number of nitrogens with one attached hydrogen (secondary N) is 13. The maximum absolute atomic E-state index is 15.2. The monoisotopic (exact) mass is 1600 g/mol. The Balaban J connectivity index is 1.15. The zero-order valence-electron chi connectivity index (χ0n) is 66.0. The number of piperidine rings is 1. The molecule has 114 heavy (non-hydrogen) atoms. The van der Waals surface area contributed by atoms with E-state index in [1.54, 1.807) is 54.6 Å². The Morgan fingerprint density at radius 1 is 0.526 bits per heavy atom. The first kappa shape index (κ1) is 90.7. The zero-order valence-corrected chi connectivity index (χ0v) is 66.8. The number of rotatable bonds is 46. The van der Waals surface area contributed by atoms with Crippen LogP contribution in [0.4, 0.5) is 0 Å². The molecule has 0 saturated carbocycles. The van der Waals surface area contributed by atoms with Gasteiger partial charge >= 0.3 is 0 Å². The van der Waals surface area contributed by atoms with E-state index in [1.165, 1.54) is 37.3 Å². The number of likely N-dealkylation sites (tertiary alicyclic amines) is 1. The van der Waals surface area contributed by atoms with Crippen LogP contribution in [-0.2, 0) is 76.8 Å². The fourth-order valence-electron chi connectivity index (χ4n) is 13.6. The third-order valence-electron chi connectivity index (χ3n) is 19.8. The normalized spacial score (nSPS) is 16.4. The van der Waals surface area contributed by atoms with E-state index in [1.807, 2.05) is 70.2 Å². The molecule has 2 fully saturated rings. The summed E-state index contributed by atoms with van der Waals surface area (Å²) in [6.07, 6.45) is 9.24. The number of unbranched alkanes of at least 4 members (excludes halogenated alkanes) is 3. The van der Waals surface area contributed by atoms with Crippen molar-refractivity contribution in [1.29, 1.82) is 0 Å². The van der Waals surface area contributed by atoms with E-state index in [4.69, 9.17) is 17.3 Å². The lowest BCUT2D eigenvalue weighted by atomic mass is 9.99. The van der Waals surface area contributed by atoms with E-state index < -0.39 is 144 Å². The number of nitrogens with two attached hydrogens (primary N) is 1. The first-order valence-electron chi connectivity index (χ1n) is 39.6. The number of carbonyl (C=O) groups excluding carboxylic acids is 13. The predicted molar refractivity (Wildman–Crippen MR) is 430 cm³/mol. The van der Waals surface area contributed by atoms with Crippen molar-refractivity contribution in [2.75, 3.05) is 39.3 Å². The molecule has 0 aliphatic carbocycles. The largest absolute Gasteiger partial charge is 0.394 e. The number of primary amides is 1. The summed E-state index contributed by atoms with van der Waals surface area (Å²) in [7, 11) is 0. The Kier molecular flexibility index (Phi) is 37.6. The number of hydrogen-bond donors (Lipinski definition) is 15. The van der Waals surface area contributed by atoms with Crippen LogP contribution in [0.3, 0.4) is 0 Å². The number of pyridine rings is 2. The second-order valence-electron chi connectivity index (χ2n) is 30.0. The van der Waals surface area contributed by atoms with E-state index in [9.17, 15) is 57.8 Å². The van der Waals surface area contributed by atoms with E-state index in [0.29, 0.717) is 66.9 Å². The molecule has 13 amide bonds. The van der Waals surface area contributed by atoms with E-state index in [0.717, 1.165) is 23.6 Å². The Bertz CT molecular complexity index is 4020. The number of hydrogen-bond acceptors (Lipinski definition) is 18. The molecule has 2 aromatic heterocycles. The maximum atomic E-state index is 15.2. The molecule has 0 spiro atoms. The summed E-state index contributed by atoms with van der Waals surface area (Å²) in [6, 6.07) is 14.2. The van der Waals surface area contributed by atoms with Crippen LogP contribution in [0.25, 0.3) is 10.8 Å². The van der Waals surface area contributed by atoms with Gasteiger partial charge in [0, 0.05) is 75.5 Å². The van der Waals surface area contributed by atoms with E-state index in [-0.39, 0.29) is 114 Å². The van der Waals surface area contributed by atoms with Gasteiger partial charge in [0.15, 0.2) is 0 Å². The lowest BCUT2D eigenvalue weighted by Gasteiger charge is -2.31. The molecule has 16 N–H and O–H groups in total. The highest BCUT2D eigenvalue weighted by atomic mass is 35.5. The van der Waals surface area contributed by atoms with Gasteiger partial charge in [0.2, 0.25) is 70.9 Å². The van der Waals surface area contributed by atoms with Crippen molar-refractivity contribution in [3.05, 3.63) is 143 Å². The summed E-state index contributed by atoms with van der Waals surface area (Å²) in [5, 5.41) is 50.2. The molecular formula is C82H114ClN17O14. The van der Waals surface area contributed by atoms with E-state index >= 15 is 9.59 Å². The fraction of sp³-hybridized carbons (Fsp3) is 0.524. The van der Waals surface area contributed by atoms with Gasteiger partial charge in [-0.05, 0) is 174 Å². The van der Waals surface area contributed by atoms with Crippen molar-refractivity contribution in [2.45, 2.75) is 230 Å². The molecule has 7 rings (SSSR count). The molecule has 5 aromatic rings. The quantitative estimate of drug-likeness (QED) is 0.0249. The van der Waals surface area contributed by atoms with Gasteiger partial charge in [-0.2, -0.15) is 0 Å². The first-order valence-corrected chi connectivity index (χ1v) is 40.0. The van der Waals surface area contributed by atoms with Crippen LogP contribution in [0.1, 0.15) is 165 Å². The van der Waals surface area contributed by atoms with Crippen molar-refractivity contribution < 1.29 is 67.4 Å². The number of aliphatic hydroxyl groups excluding tert-OH is 1. The van der Waals surface area contributed by atoms with Gasteiger partial charge < -0.3 is 84.9 Å². The number of benzene rings is 3. The molecule has 31 nitrogen and oxygen atoms in total. The van der Waals surface area contributed by atoms with Crippen LogP contribution in [0, 0.1) is 5.92 Å². The molecule has 32 heteroatoms. The second-order valence-corrected chi connectivity index (χ2v) is 30.4. The molecule has 2 aliphatic rings. The zero-order chi connectivity index (χ0) is 82.6. The molecule has 2 aliphatic heterocycles. The van der Waals surface area contributed by atoms with Gasteiger partial charge in [-0.1, -0.05) is 112 Å². The highest BCUT2D eigenvalue weighted by Crippen LogP contribution is 2.23. The van der Waals surface area contributed by atoms with Crippen molar-refractivity contribution in [2.24, 2.45) is 11.7 Å². The fourth-order valence-corrected chi connectivity index (χ4v) is 13.7. The number of carbonyl (C=O) groups is 13. The summed E-state index contributed by atoms with van der Waals surface area (Å²) in [5.41, 5.74) is 7.34. The standard InChI is InChI=1S/C82H114ClN17O14/c1-50(2)43-65(76(108)95-64(28-13-14-37-86-51(3)4)82(114)100-42-20-29-70(100)81(113)91-52(5)71(84)103)96-75(107)63(27-12-18-41-90-73(105)61-25-10-16-39-88-61)93-74(106)62(26-11-17-40-89-72(104)60-24-9-15-38-87-60)94-80(112)69(49-101)99-79(111)68(47-56-21-19-36-85-48-56)98-78(110)67(45-54-31-34-59(83)35-32-54)97-77(109)66(92-53(6)102)46-55-30-33-57-22-7-8-23-58(57)44-55/h7-8,10,16,19,21-23,25,30-36,39,44,48,50-52,60,62-70,86-87,101H,9,11-15,17-18,20,24,26-29,37-38,40-43,45-47,49H2,1-6H3,(H2,84,103)(H,89,104)(H,90,105)(H,91,113)(H,92,102)(H,93,106)(H,94,112)(H,95,108)(H,96,107)(H,97,109)(H,98,110)(H,99,111)/t52-,60+,62+,63-,64+,65+,66-,67-,68-,69+,70+/m1/s1. The minimum absolute atomic E-state index is 0.0329. The van der Waals surface area contributed by atoms with Crippen molar-refractivity contribution in [3.8, 4) is 0 Å². The number of fused-ring (bicyclic) bond motifs is 1. The van der Waals surface area contributed by atoms with Crippen LogP contribution >= 0.6 is 11.6 Å². The molecule has 618 valence electrons. The van der Waals surface area contributed by atoms with Crippen molar-refractivity contribution >= 4 is 99.2 Å². The summed E-state index contributed by atoms with van der Waals surface area (Å²) in [4.78, 5) is 193. The SMILES string of the molecule is CC(=O)N[C@H](Cc1ccc2ccccc2c1)C(=O)N[C@H](Cc1ccc(Cl)cc1)C(=O)N[C@H](Cc1cccnc1)C(=O)N[C@@H](CO)C(=O)N[C@@H](CCCCNC(=O)[C@@H]1CCCCN1)C(=O)N[C@H](CCCCNC(=O)c1ccccn1)C(=O)N[C@@H](CC(C)C)C(=O)N[C@@H](CCCCNC(C)C)C(=O)N1CCC[C@H]1C(=O)N[C@H](C)C(N)=O. The smallest absolute Gasteiger partial charge is 0.269 e. The van der Waals surface area contributed by atoms with Crippen LogP contribution in [0.5, 0.6) is 0 Å². The molecule has 0 radical (unpaired) electrons. The minimum atomic E-state index is -1.82. The van der Waals surface area contributed by atoms with Crippen LogP contribution in [0.2, 0.25) is 5.02 Å². The van der Waals surface area contributed by atoms with Crippen LogP contribution in [-0.4, -0.2) is 209 Å². The highest BCUT2D eigenvalue weighted by Gasteiger charge is 2.41. The first-order chi connectivity index (χ1) is 54.7. The topological polar surface area (TPSA) is 454 Å². The molecule has 11 atom stereocenters. The molecule has 0 bridgehead atoms. The molecule has 2 saturated heterocycles. The lowest BCUT2D eigenvalue weighted by Crippen LogP contribution is -2.61. The molecule has 4 heterocycles. The summed E-state index contributed by atoms with van der Waals surface area (Å²) < 4.78 is 0. The third-order valence-corrected chi connectivity index (χ3v) is 20.1. The Labute approximate surface area is 671 Å². The number of halogens is 1. The Morgan fingerprint density at radius 3 is 1.66 bits per heavy atom. The average molecular weight is 1600 g/mol. The van der Waals surface area contributed by atoms with Gasteiger partial charge in [-0.15, -0.1) is 0 Å². The van der Waals surface area contributed by atoms with Gasteiger partial charge in [0.05, 0.1) is 12.6 Å². The number of aromatic nitrogens is 2. The highest BCUT2D eigenvalue weighted by molar-refractivity contribution is 6.30. The van der Waals surface area contributed by atoms with Crippen molar-refractivity contribution in [3.63, 3.8) is 0 Å². The molecule has 3 aromatic carbocycles. The summed E-state index contributed by atoms with van der Waals surface area (Å²) in [5.74, 6) is -9.44. The average Bonchev–Trinajstić information content (AvgIpc) is 1.51. The molecular weight excluding hydrogens is 1480 g/mol. The Hall–Kier alpha value is -10.5. The number of aliphatic hydroxyl groups is 1. The minimum Gasteiger partial charge on any atom is -0.394 e. The second kappa shape index (κ2) is 47.2. The maximum Gasteiger partial charge on any atom is 0.269 e. The van der Waals surface area contributed by atoms with Gasteiger partial charge in [0.25, 0.3) is 5.91 Å². The predicted octanol–water partition coefficient (Wildman–Crippen LogP) is 2.43. The third kappa shape index (κ3) is 30.4. The molecule has 0 unspecified atom stereocenters. The lowest BCUT2D eigenvalue weighted by molar-refractivity contribution is -0.142. The summed E-state index contributed by atoms with van der Waals surface area (Å²) >= 11 is 6.27. The van der Waals surface area contributed by atoms with Crippen LogP contribution < -0.4 is 74.9 Å². The van der Waals surface area contributed by atoms with Gasteiger partial charge in [0.1, 0.15) is 66.1 Å². The van der Waals surface area contributed by atoms with Crippen molar-refractivity contribution in [1.82, 2.24) is 84.0 Å². The number of nitrogens with zero attached hydrogens (tertiary/aromatic N) is 3. The summed E-state index contributed by atoms with van der Waals surface area (Å²) in [6.45, 7) is 11.0. The van der Waals surface area contributed by atoms with Gasteiger partial charge in [-0.25, -0.2) is 0 Å². The van der Waals surface area contributed by atoms with Crippen LogP contribution in [0.15, 0.2) is 116 Å². The van der Waals surface area contributed by atoms with E-state index in [2.05, 4.69) is 79.1 Å². The Morgan fingerprint density at radius 2 is 1.07 bits per heavy atom.